The normalized spacial score (nSPS) is 26.8. The van der Waals surface area contributed by atoms with E-state index < -0.39 is 5.82 Å². The molecular weight excluding hydrogens is 315 g/mol. The molecule has 2 fully saturated rings. The van der Waals surface area contributed by atoms with Crippen molar-refractivity contribution in [2.45, 2.75) is 37.4 Å². The fraction of sp³-hybridized carbons (Fsp3) is 0.688. The zero-order chi connectivity index (χ0) is 17.0. The molecule has 3 rings (SSSR count). The van der Waals surface area contributed by atoms with Crippen molar-refractivity contribution in [3.05, 3.63) is 18.2 Å². The summed E-state index contributed by atoms with van der Waals surface area (Å²) in [5.74, 6) is -0.0330. The molecular formula is C16H23FN4O3. The Morgan fingerprint density at radius 3 is 3.04 bits per heavy atom. The SMILES string of the molecule is COCC(=O)NC[C@@H]1CCC[C@]2(CCN(c3ncc(F)cn3)C2)O1. The number of methoxy groups -OCH3 is 1. The minimum Gasteiger partial charge on any atom is -0.375 e. The Morgan fingerprint density at radius 2 is 2.29 bits per heavy atom. The average molecular weight is 338 g/mol. The van der Waals surface area contributed by atoms with Crippen molar-refractivity contribution in [2.24, 2.45) is 0 Å². The van der Waals surface area contributed by atoms with Crippen LogP contribution in [0.3, 0.4) is 0 Å². The molecule has 0 aliphatic carbocycles. The van der Waals surface area contributed by atoms with E-state index in [4.69, 9.17) is 9.47 Å². The second kappa shape index (κ2) is 7.40. The molecule has 1 aromatic heterocycles. The van der Waals surface area contributed by atoms with Crippen LogP contribution in [-0.2, 0) is 14.3 Å². The number of rotatable bonds is 5. The molecule has 2 aliphatic rings. The maximum absolute atomic E-state index is 13.0. The summed E-state index contributed by atoms with van der Waals surface area (Å²) in [5, 5.41) is 2.84. The summed E-state index contributed by atoms with van der Waals surface area (Å²) in [5.41, 5.74) is -0.230. The molecule has 2 atom stereocenters. The minimum atomic E-state index is -0.437. The van der Waals surface area contributed by atoms with Gasteiger partial charge >= 0.3 is 0 Å². The van der Waals surface area contributed by atoms with Crippen LogP contribution in [0, 0.1) is 5.82 Å². The zero-order valence-corrected chi connectivity index (χ0v) is 13.8. The van der Waals surface area contributed by atoms with Crippen molar-refractivity contribution in [2.75, 3.05) is 38.3 Å². The van der Waals surface area contributed by atoms with Crippen molar-refractivity contribution in [1.29, 1.82) is 0 Å². The second-order valence-electron chi connectivity index (χ2n) is 6.43. The standard InChI is InChI=1S/C16H23FN4O3/c1-23-10-14(22)18-9-13-3-2-4-16(24-13)5-6-21(11-16)15-19-7-12(17)8-20-15/h7-8,13H,2-6,9-11H2,1H3,(H,18,22)/t13-,16+/m0/s1. The molecule has 0 saturated carbocycles. The average Bonchev–Trinajstić information content (AvgIpc) is 2.97. The number of halogens is 1. The summed E-state index contributed by atoms with van der Waals surface area (Å²) in [4.78, 5) is 21.7. The van der Waals surface area contributed by atoms with E-state index in [1.807, 2.05) is 4.90 Å². The summed E-state index contributed by atoms with van der Waals surface area (Å²) < 4.78 is 24.1. The molecule has 0 unspecified atom stereocenters. The van der Waals surface area contributed by atoms with Crippen LogP contribution in [0.5, 0.6) is 0 Å². The lowest BCUT2D eigenvalue weighted by atomic mass is 9.90. The summed E-state index contributed by atoms with van der Waals surface area (Å²) in [6.45, 7) is 2.04. The Balaban J connectivity index is 1.56. The van der Waals surface area contributed by atoms with Gasteiger partial charge in [-0.3, -0.25) is 4.79 Å². The van der Waals surface area contributed by atoms with Crippen LogP contribution in [-0.4, -0.2) is 60.9 Å². The predicted octanol–water partition coefficient (Wildman–Crippen LogP) is 0.896. The monoisotopic (exact) mass is 338 g/mol. The van der Waals surface area contributed by atoms with E-state index in [0.717, 1.165) is 32.2 Å². The number of carbonyl (C=O) groups excluding carboxylic acids is 1. The number of nitrogens with zero attached hydrogens (tertiary/aromatic N) is 3. The van der Waals surface area contributed by atoms with Gasteiger partial charge in [-0.05, 0) is 25.7 Å². The topological polar surface area (TPSA) is 76.6 Å². The molecule has 3 heterocycles. The molecule has 24 heavy (non-hydrogen) atoms. The molecule has 0 aromatic carbocycles. The molecule has 2 saturated heterocycles. The van der Waals surface area contributed by atoms with Crippen LogP contribution in [0.15, 0.2) is 12.4 Å². The lowest BCUT2D eigenvalue weighted by molar-refractivity contribution is -0.131. The van der Waals surface area contributed by atoms with E-state index in [0.29, 0.717) is 19.0 Å². The van der Waals surface area contributed by atoms with Crippen molar-refractivity contribution < 1.29 is 18.7 Å². The number of hydrogen-bond donors (Lipinski definition) is 1. The maximum Gasteiger partial charge on any atom is 0.246 e. The van der Waals surface area contributed by atoms with Crippen molar-refractivity contribution in [3.63, 3.8) is 0 Å². The molecule has 132 valence electrons. The molecule has 1 amide bonds. The highest BCUT2D eigenvalue weighted by Crippen LogP contribution is 2.37. The number of amides is 1. The van der Waals surface area contributed by atoms with E-state index in [9.17, 15) is 9.18 Å². The first-order valence-corrected chi connectivity index (χ1v) is 8.26. The predicted molar refractivity (Wildman–Crippen MR) is 85.2 cm³/mol. The third kappa shape index (κ3) is 3.99. The van der Waals surface area contributed by atoms with Crippen LogP contribution < -0.4 is 10.2 Å². The van der Waals surface area contributed by atoms with Gasteiger partial charge in [-0.2, -0.15) is 0 Å². The highest BCUT2D eigenvalue weighted by molar-refractivity contribution is 5.77. The summed E-state index contributed by atoms with van der Waals surface area (Å²) >= 11 is 0. The molecule has 0 bridgehead atoms. The third-order valence-corrected chi connectivity index (χ3v) is 4.58. The van der Waals surface area contributed by atoms with E-state index in [1.54, 1.807) is 0 Å². The van der Waals surface area contributed by atoms with Crippen LogP contribution in [0.4, 0.5) is 10.3 Å². The van der Waals surface area contributed by atoms with E-state index in [-0.39, 0.29) is 24.2 Å². The molecule has 1 aromatic rings. The number of hydrogen-bond acceptors (Lipinski definition) is 6. The fourth-order valence-corrected chi connectivity index (χ4v) is 3.46. The Labute approximate surface area is 140 Å². The number of ether oxygens (including phenoxy) is 2. The van der Waals surface area contributed by atoms with Crippen LogP contribution in [0.25, 0.3) is 0 Å². The molecule has 1 spiro atoms. The summed E-state index contributed by atoms with van der Waals surface area (Å²) in [6, 6.07) is 0. The van der Waals surface area contributed by atoms with Gasteiger partial charge in [0.05, 0.1) is 24.1 Å². The third-order valence-electron chi connectivity index (χ3n) is 4.58. The van der Waals surface area contributed by atoms with Gasteiger partial charge in [-0.1, -0.05) is 0 Å². The highest BCUT2D eigenvalue weighted by atomic mass is 19.1. The van der Waals surface area contributed by atoms with Crippen LogP contribution in [0.2, 0.25) is 0 Å². The summed E-state index contributed by atoms with van der Waals surface area (Å²) in [7, 11) is 1.50. The Hall–Kier alpha value is -1.80. The first kappa shape index (κ1) is 17.0. The van der Waals surface area contributed by atoms with Crippen molar-refractivity contribution in [3.8, 4) is 0 Å². The molecule has 0 radical (unpaired) electrons. The van der Waals surface area contributed by atoms with E-state index in [2.05, 4.69) is 15.3 Å². The van der Waals surface area contributed by atoms with Gasteiger partial charge in [0.1, 0.15) is 6.61 Å². The Bertz CT molecular complexity index is 571. The zero-order valence-electron chi connectivity index (χ0n) is 13.8. The van der Waals surface area contributed by atoms with Gasteiger partial charge < -0.3 is 19.7 Å². The lowest BCUT2D eigenvalue weighted by Gasteiger charge is -2.38. The number of aromatic nitrogens is 2. The van der Waals surface area contributed by atoms with Crippen molar-refractivity contribution in [1.82, 2.24) is 15.3 Å². The van der Waals surface area contributed by atoms with Crippen LogP contribution in [0.1, 0.15) is 25.7 Å². The van der Waals surface area contributed by atoms with Crippen LogP contribution >= 0.6 is 0 Å². The highest BCUT2D eigenvalue weighted by Gasteiger charge is 2.43. The Morgan fingerprint density at radius 1 is 1.50 bits per heavy atom. The number of anilines is 1. The number of carbonyl (C=O) groups is 1. The quantitative estimate of drug-likeness (QED) is 0.859. The molecule has 7 nitrogen and oxygen atoms in total. The van der Waals surface area contributed by atoms with E-state index >= 15 is 0 Å². The second-order valence-corrected chi connectivity index (χ2v) is 6.43. The van der Waals surface area contributed by atoms with Gasteiger partial charge in [-0.15, -0.1) is 0 Å². The first-order valence-electron chi connectivity index (χ1n) is 8.26. The largest absolute Gasteiger partial charge is 0.375 e. The molecule has 2 aliphatic heterocycles. The van der Waals surface area contributed by atoms with E-state index in [1.165, 1.54) is 19.5 Å². The molecule has 8 heteroatoms. The van der Waals surface area contributed by atoms with Gasteiger partial charge in [0.25, 0.3) is 0 Å². The smallest absolute Gasteiger partial charge is 0.246 e. The fourth-order valence-electron chi connectivity index (χ4n) is 3.46. The first-order chi connectivity index (χ1) is 11.6. The van der Waals surface area contributed by atoms with Gasteiger partial charge in [0.15, 0.2) is 5.82 Å². The summed E-state index contributed by atoms with van der Waals surface area (Å²) in [6.07, 6.45) is 6.23. The number of nitrogens with one attached hydrogen (secondary N) is 1. The minimum absolute atomic E-state index is 0.00800. The van der Waals surface area contributed by atoms with Gasteiger partial charge in [0.2, 0.25) is 11.9 Å². The maximum atomic E-state index is 13.0. The molecule has 1 N–H and O–H groups in total. The van der Waals surface area contributed by atoms with Gasteiger partial charge in [-0.25, -0.2) is 14.4 Å². The Kier molecular flexibility index (Phi) is 5.25. The lowest BCUT2D eigenvalue weighted by Crippen LogP contribution is -2.47. The van der Waals surface area contributed by atoms with Crippen molar-refractivity contribution >= 4 is 11.9 Å². The van der Waals surface area contributed by atoms with Gasteiger partial charge in [0, 0.05) is 26.7 Å².